The second kappa shape index (κ2) is 4.18. The van der Waals surface area contributed by atoms with Gasteiger partial charge in [-0.15, -0.1) is 0 Å². The van der Waals surface area contributed by atoms with Crippen molar-refractivity contribution < 1.29 is 9.47 Å². The highest BCUT2D eigenvalue weighted by molar-refractivity contribution is 5.31. The van der Waals surface area contributed by atoms with E-state index in [9.17, 15) is 0 Å². The Morgan fingerprint density at radius 2 is 1.64 bits per heavy atom. The molecule has 0 heterocycles. The van der Waals surface area contributed by atoms with Crippen molar-refractivity contribution in [2.75, 3.05) is 7.11 Å². The van der Waals surface area contributed by atoms with Gasteiger partial charge < -0.3 is 9.47 Å². The molecule has 0 aliphatic carbocycles. The van der Waals surface area contributed by atoms with Gasteiger partial charge in [0.25, 0.3) is 0 Å². The van der Waals surface area contributed by atoms with Gasteiger partial charge in [0.05, 0.1) is 7.11 Å². The van der Waals surface area contributed by atoms with E-state index < -0.39 is 0 Å². The maximum Gasteiger partial charge on any atom is 0.121 e. The van der Waals surface area contributed by atoms with Gasteiger partial charge in [-0.25, -0.2) is 0 Å². The summed E-state index contributed by atoms with van der Waals surface area (Å²) in [4.78, 5) is 0. The lowest BCUT2D eigenvalue weighted by atomic mass is 10.1. The first-order valence-electron chi connectivity index (χ1n) is 4.54. The van der Waals surface area contributed by atoms with Crippen LogP contribution in [0.4, 0.5) is 0 Å². The van der Waals surface area contributed by atoms with Crippen LogP contribution in [-0.2, 0) is 0 Å². The fourth-order valence-electron chi connectivity index (χ4n) is 0.989. The quantitative estimate of drug-likeness (QED) is 0.683. The zero-order valence-electron chi connectivity index (χ0n) is 8.91. The van der Waals surface area contributed by atoms with Crippen LogP contribution in [0.5, 0.6) is 11.5 Å². The van der Waals surface area contributed by atoms with Gasteiger partial charge in [0.2, 0.25) is 0 Å². The Bertz CT molecular complexity index is 299. The SMILES string of the molecule is C=CC(C)(C)Oc1ccc(OC)cc1. The van der Waals surface area contributed by atoms with Crippen molar-refractivity contribution in [3.8, 4) is 11.5 Å². The highest BCUT2D eigenvalue weighted by Crippen LogP contribution is 2.21. The number of methoxy groups -OCH3 is 1. The minimum atomic E-state index is -0.339. The third kappa shape index (κ3) is 2.80. The van der Waals surface area contributed by atoms with Crippen LogP contribution in [-0.4, -0.2) is 12.7 Å². The average Bonchev–Trinajstić information content (AvgIpc) is 2.19. The molecule has 0 fully saturated rings. The molecule has 0 aromatic heterocycles. The van der Waals surface area contributed by atoms with E-state index in [4.69, 9.17) is 9.47 Å². The van der Waals surface area contributed by atoms with Crippen LogP contribution in [0, 0.1) is 0 Å². The highest BCUT2D eigenvalue weighted by atomic mass is 16.5. The van der Waals surface area contributed by atoms with Crippen molar-refractivity contribution >= 4 is 0 Å². The first-order chi connectivity index (χ1) is 6.57. The molecular formula is C12H16O2. The number of hydrogen-bond donors (Lipinski definition) is 0. The van der Waals surface area contributed by atoms with Crippen molar-refractivity contribution in [1.29, 1.82) is 0 Å². The predicted octanol–water partition coefficient (Wildman–Crippen LogP) is 3.04. The Hall–Kier alpha value is -1.44. The van der Waals surface area contributed by atoms with Gasteiger partial charge in [-0.1, -0.05) is 6.58 Å². The van der Waals surface area contributed by atoms with Gasteiger partial charge in [0, 0.05) is 0 Å². The highest BCUT2D eigenvalue weighted by Gasteiger charge is 2.13. The molecule has 1 rings (SSSR count). The lowest BCUT2D eigenvalue weighted by molar-refractivity contribution is 0.162. The van der Waals surface area contributed by atoms with Crippen molar-refractivity contribution in [3.05, 3.63) is 36.9 Å². The molecule has 0 saturated carbocycles. The van der Waals surface area contributed by atoms with Crippen LogP contribution in [0.3, 0.4) is 0 Å². The van der Waals surface area contributed by atoms with E-state index >= 15 is 0 Å². The Morgan fingerprint density at radius 1 is 1.14 bits per heavy atom. The Labute approximate surface area is 85.2 Å². The molecule has 1 aromatic rings. The zero-order valence-corrected chi connectivity index (χ0v) is 8.91. The summed E-state index contributed by atoms with van der Waals surface area (Å²) in [5, 5.41) is 0. The van der Waals surface area contributed by atoms with Gasteiger partial charge in [-0.2, -0.15) is 0 Å². The molecule has 1 aromatic carbocycles. The average molecular weight is 192 g/mol. The van der Waals surface area contributed by atoms with Crippen LogP contribution in [0.25, 0.3) is 0 Å². The topological polar surface area (TPSA) is 18.5 Å². The van der Waals surface area contributed by atoms with Crippen LogP contribution < -0.4 is 9.47 Å². The van der Waals surface area contributed by atoms with Gasteiger partial charge >= 0.3 is 0 Å². The number of ether oxygens (including phenoxy) is 2. The fraction of sp³-hybridized carbons (Fsp3) is 0.333. The van der Waals surface area contributed by atoms with Crippen molar-refractivity contribution in [1.82, 2.24) is 0 Å². The molecule has 0 unspecified atom stereocenters. The molecule has 0 spiro atoms. The molecule has 0 saturated heterocycles. The van der Waals surface area contributed by atoms with Gasteiger partial charge in [-0.05, 0) is 44.2 Å². The van der Waals surface area contributed by atoms with Crippen LogP contribution in [0.2, 0.25) is 0 Å². The van der Waals surface area contributed by atoms with E-state index in [1.807, 2.05) is 38.1 Å². The van der Waals surface area contributed by atoms with Crippen molar-refractivity contribution in [2.24, 2.45) is 0 Å². The van der Waals surface area contributed by atoms with Gasteiger partial charge in [0.1, 0.15) is 17.1 Å². The molecule has 0 bridgehead atoms. The molecule has 14 heavy (non-hydrogen) atoms. The van der Waals surface area contributed by atoms with Crippen LogP contribution in [0.1, 0.15) is 13.8 Å². The summed E-state index contributed by atoms with van der Waals surface area (Å²) < 4.78 is 10.7. The molecular weight excluding hydrogens is 176 g/mol. The smallest absolute Gasteiger partial charge is 0.121 e. The molecule has 2 heteroatoms. The Morgan fingerprint density at radius 3 is 2.07 bits per heavy atom. The maximum absolute atomic E-state index is 5.68. The Kier molecular flexibility index (Phi) is 3.18. The number of benzene rings is 1. The summed E-state index contributed by atoms with van der Waals surface area (Å²) in [6.45, 7) is 7.64. The van der Waals surface area contributed by atoms with Crippen LogP contribution in [0.15, 0.2) is 36.9 Å². The molecule has 2 nitrogen and oxygen atoms in total. The van der Waals surface area contributed by atoms with E-state index in [0.29, 0.717) is 0 Å². The second-order valence-corrected chi connectivity index (χ2v) is 3.59. The number of hydrogen-bond acceptors (Lipinski definition) is 2. The van der Waals surface area contributed by atoms with Gasteiger partial charge in [-0.3, -0.25) is 0 Å². The van der Waals surface area contributed by atoms with E-state index in [0.717, 1.165) is 11.5 Å². The predicted molar refractivity (Wildman–Crippen MR) is 57.9 cm³/mol. The van der Waals surface area contributed by atoms with E-state index in [-0.39, 0.29) is 5.60 Å². The summed E-state index contributed by atoms with van der Waals surface area (Å²) in [6, 6.07) is 7.50. The molecule has 76 valence electrons. The molecule has 0 aliphatic rings. The number of rotatable bonds is 4. The third-order valence-electron chi connectivity index (χ3n) is 1.93. The summed E-state index contributed by atoms with van der Waals surface area (Å²) in [5.41, 5.74) is -0.339. The monoisotopic (exact) mass is 192 g/mol. The molecule has 0 atom stereocenters. The summed E-state index contributed by atoms with van der Waals surface area (Å²) >= 11 is 0. The normalized spacial score (nSPS) is 10.8. The summed E-state index contributed by atoms with van der Waals surface area (Å²) in [6.07, 6.45) is 1.78. The van der Waals surface area contributed by atoms with E-state index in [1.165, 1.54) is 0 Å². The lowest BCUT2D eigenvalue weighted by Gasteiger charge is -2.22. The minimum absolute atomic E-state index is 0.339. The first-order valence-corrected chi connectivity index (χ1v) is 4.54. The third-order valence-corrected chi connectivity index (χ3v) is 1.93. The minimum Gasteiger partial charge on any atom is -0.497 e. The summed E-state index contributed by atoms with van der Waals surface area (Å²) in [5.74, 6) is 1.64. The second-order valence-electron chi connectivity index (χ2n) is 3.59. The van der Waals surface area contributed by atoms with Crippen molar-refractivity contribution in [2.45, 2.75) is 19.4 Å². The van der Waals surface area contributed by atoms with E-state index in [2.05, 4.69) is 6.58 Å². The van der Waals surface area contributed by atoms with Crippen molar-refractivity contribution in [3.63, 3.8) is 0 Å². The molecule has 0 aliphatic heterocycles. The largest absolute Gasteiger partial charge is 0.497 e. The fourth-order valence-corrected chi connectivity index (χ4v) is 0.989. The molecule has 0 N–H and O–H groups in total. The maximum atomic E-state index is 5.68. The Balaban J connectivity index is 2.73. The summed E-state index contributed by atoms with van der Waals surface area (Å²) in [7, 11) is 1.64. The van der Waals surface area contributed by atoms with Gasteiger partial charge in [0.15, 0.2) is 0 Å². The standard InChI is InChI=1S/C12H16O2/c1-5-12(2,3)14-11-8-6-10(13-4)7-9-11/h5-9H,1H2,2-4H3. The molecule has 0 amide bonds. The van der Waals surface area contributed by atoms with E-state index in [1.54, 1.807) is 13.2 Å². The van der Waals surface area contributed by atoms with Crippen LogP contribution >= 0.6 is 0 Å². The zero-order chi connectivity index (χ0) is 10.6. The molecule has 0 radical (unpaired) electrons. The lowest BCUT2D eigenvalue weighted by Crippen LogP contribution is -2.24. The first kappa shape index (κ1) is 10.6.